The number of hydrogen-bond donors (Lipinski definition) is 5. The van der Waals surface area contributed by atoms with Gasteiger partial charge in [0, 0.05) is 35.8 Å². The van der Waals surface area contributed by atoms with Gasteiger partial charge in [-0.15, -0.1) is 0 Å². The lowest BCUT2D eigenvalue weighted by molar-refractivity contribution is -0.149. The molecule has 1 aliphatic heterocycles. The normalized spacial score (nSPS) is 19.1. The van der Waals surface area contributed by atoms with Crippen LogP contribution in [0.5, 0.6) is 0 Å². The van der Waals surface area contributed by atoms with Crippen LogP contribution in [-0.4, -0.2) is 88.7 Å². The van der Waals surface area contributed by atoms with Crippen molar-refractivity contribution in [2.45, 2.75) is 83.1 Å². The van der Waals surface area contributed by atoms with E-state index in [1.54, 1.807) is 0 Å². The minimum atomic E-state index is -1.39. The van der Waals surface area contributed by atoms with Crippen LogP contribution in [0, 0.1) is 5.92 Å². The number of methoxy groups -OCH3 is 1. The number of likely N-dealkylation sites (tertiary alicyclic amines) is 1. The average Bonchev–Trinajstić information content (AvgIpc) is 3.26. The highest BCUT2D eigenvalue weighted by atomic mass is 127. The lowest BCUT2D eigenvalue weighted by atomic mass is 10.0. The SMILES string of the molecule is COC(=O)[C@@H](NC(=O)[C@H](CCC(=O)O)NC(=O)[C@@H]1CCCN1C(=O)[C@H](CC(C)C)NI)C(C)O. The van der Waals surface area contributed by atoms with Gasteiger partial charge in [-0.25, -0.2) is 8.32 Å². The predicted octanol–water partition coefficient (Wildman–Crippen LogP) is -0.280. The fraction of sp³-hybridized carbons (Fsp3) is 0.762. The lowest BCUT2D eigenvalue weighted by Crippen LogP contribution is -2.58. The minimum Gasteiger partial charge on any atom is -0.481 e. The molecule has 5 atom stereocenters. The number of esters is 1. The standard InChI is InChI=1S/C21H35IN4O8/c1-11(2)10-14(25-22)20(32)26-9-5-6-15(26)19(31)23-13(7-8-16(28)29)18(30)24-17(12(3)27)21(33)34-4/h11-15,17,25,27H,5-10H2,1-4H3,(H,23,31)(H,24,30)(H,28,29)/t12?,13-,14-,15-,17-/m0/s1. The maximum atomic E-state index is 13.1. The molecule has 1 saturated heterocycles. The summed E-state index contributed by atoms with van der Waals surface area (Å²) in [5.41, 5.74) is 0. The molecular weight excluding hydrogens is 563 g/mol. The van der Waals surface area contributed by atoms with E-state index in [2.05, 4.69) is 18.9 Å². The van der Waals surface area contributed by atoms with Crippen molar-refractivity contribution in [3.8, 4) is 0 Å². The molecule has 0 spiro atoms. The van der Waals surface area contributed by atoms with Crippen molar-refractivity contribution in [3.05, 3.63) is 0 Å². The zero-order chi connectivity index (χ0) is 26.0. The molecule has 12 nitrogen and oxygen atoms in total. The number of ether oxygens (including phenoxy) is 1. The van der Waals surface area contributed by atoms with E-state index in [9.17, 15) is 29.1 Å². The van der Waals surface area contributed by atoms with Crippen LogP contribution < -0.4 is 14.2 Å². The van der Waals surface area contributed by atoms with E-state index in [1.807, 2.05) is 36.7 Å². The number of aliphatic hydroxyl groups is 1. The van der Waals surface area contributed by atoms with Gasteiger partial charge in [-0.1, -0.05) is 13.8 Å². The monoisotopic (exact) mass is 598 g/mol. The maximum Gasteiger partial charge on any atom is 0.331 e. The summed E-state index contributed by atoms with van der Waals surface area (Å²) in [5.74, 6) is -3.44. The van der Waals surface area contributed by atoms with Gasteiger partial charge in [-0.2, -0.15) is 0 Å². The number of rotatable bonds is 13. The fourth-order valence-electron chi connectivity index (χ4n) is 3.73. The third-order valence-electron chi connectivity index (χ3n) is 5.49. The quantitative estimate of drug-likeness (QED) is 0.109. The highest BCUT2D eigenvalue weighted by Crippen LogP contribution is 2.21. The van der Waals surface area contributed by atoms with Crippen molar-refractivity contribution in [2.24, 2.45) is 5.92 Å². The molecule has 13 heteroatoms. The van der Waals surface area contributed by atoms with Gasteiger partial charge in [0.25, 0.3) is 0 Å². The molecule has 34 heavy (non-hydrogen) atoms. The molecule has 1 heterocycles. The Hall–Kier alpha value is -2.00. The van der Waals surface area contributed by atoms with Crippen molar-refractivity contribution >= 4 is 52.5 Å². The van der Waals surface area contributed by atoms with Gasteiger partial charge in [-0.05, 0) is 38.5 Å². The van der Waals surface area contributed by atoms with E-state index in [0.29, 0.717) is 25.8 Å². The molecule has 0 aromatic heterocycles. The van der Waals surface area contributed by atoms with Crippen molar-refractivity contribution in [2.75, 3.05) is 13.7 Å². The van der Waals surface area contributed by atoms with Crippen LogP contribution in [0.1, 0.15) is 52.9 Å². The molecule has 0 aromatic rings. The molecule has 0 radical (unpaired) electrons. The molecule has 0 aromatic carbocycles. The highest BCUT2D eigenvalue weighted by Gasteiger charge is 2.39. The van der Waals surface area contributed by atoms with Crippen molar-refractivity contribution in [3.63, 3.8) is 0 Å². The van der Waals surface area contributed by atoms with E-state index >= 15 is 0 Å². The molecular formula is C21H35IN4O8. The number of carboxylic acid groups (broad SMARTS) is 1. The average molecular weight is 598 g/mol. The van der Waals surface area contributed by atoms with Crippen LogP contribution in [0.3, 0.4) is 0 Å². The van der Waals surface area contributed by atoms with Crippen molar-refractivity contribution in [1.82, 2.24) is 19.1 Å². The predicted molar refractivity (Wildman–Crippen MR) is 130 cm³/mol. The Kier molecular flexibility index (Phi) is 12.7. The number of carbonyl (C=O) groups is 5. The minimum absolute atomic E-state index is 0.216. The Balaban J connectivity index is 3.00. The molecule has 3 amide bonds. The van der Waals surface area contributed by atoms with Gasteiger partial charge >= 0.3 is 11.9 Å². The summed E-state index contributed by atoms with van der Waals surface area (Å²) < 4.78 is 7.53. The van der Waals surface area contributed by atoms with Crippen molar-refractivity contribution in [1.29, 1.82) is 0 Å². The third-order valence-corrected chi connectivity index (χ3v) is 6.24. The molecule has 0 saturated carbocycles. The molecule has 1 unspecified atom stereocenters. The summed E-state index contributed by atoms with van der Waals surface area (Å²) >= 11 is 1.91. The van der Waals surface area contributed by atoms with E-state index in [0.717, 1.165) is 7.11 Å². The topological polar surface area (TPSA) is 174 Å². The summed E-state index contributed by atoms with van der Waals surface area (Å²) in [6, 6.07) is -3.95. The number of hydrogen-bond acceptors (Lipinski definition) is 8. The van der Waals surface area contributed by atoms with Crippen LogP contribution in [0.2, 0.25) is 0 Å². The Morgan fingerprint density at radius 2 is 1.76 bits per heavy atom. The molecule has 1 aliphatic rings. The smallest absolute Gasteiger partial charge is 0.331 e. The first-order valence-corrected chi connectivity index (χ1v) is 12.3. The number of carbonyl (C=O) groups excluding carboxylic acids is 4. The largest absolute Gasteiger partial charge is 0.481 e. The van der Waals surface area contributed by atoms with Gasteiger partial charge in [0.2, 0.25) is 17.7 Å². The Morgan fingerprint density at radius 3 is 2.26 bits per heavy atom. The second kappa shape index (κ2) is 14.4. The number of nitrogens with zero attached hydrogens (tertiary/aromatic N) is 1. The molecule has 1 rings (SSSR count). The van der Waals surface area contributed by atoms with E-state index in [4.69, 9.17) is 5.11 Å². The summed E-state index contributed by atoms with van der Waals surface area (Å²) in [6.45, 7) is 5.65. The van der Waals surface area contributed by atoms with E-state index < -0.39 is 60.4 Å². The van der Waals surface area contributed by atoms with Crippen molar-refractivity contribution < 1.29 is 38.9 Å². The fourth-order valence-corrected chi connectivity index (χ4v) is 4.25. The number of aliphatic carboxylic acids is 1. The zero-order valence-corrected chi connectivity index (χ0v) is 22.0. The molecule has 0 aliphatic carbocycles. The van der Waals surface area contributed by atoms with Gasteiger partial charge in [0.05, 0.1) is 19.3 Å². The van der Waals surface area contributed by atoms with Gasteiger partial charge in [0.1, 0.15) is 12.1 Å². The Labute approximate surface area is 213 Å². The van der Waals surface area contributed by atoms with Gasteiger partial charge in [-0.3, -0.25) is 19.2 Å². The first-order valence-electron chi connectivity index (χ1n) is 11.2. The second-order valence-corrected chi connectivity index (χ2v) is 9.35. The second-order valence-electron chi connectivity index (χ2n) is 8.72. The Morgan fingerprint density at radius 1 is 1.12 bits per heavy atom. The molecule has 1 fully saturated rings. The number of aliphatic hydroxyl groups excluding tert-OH is 1. The van der Waals surface area contributed by atoms with Crippen LogP contribution in [-0.2, 0) is 28.7 Å². The van der Waals surface area contributed by atoms with E-state index in [-0.39, 0.29) is 18.2 Å². The number of nitrogens with one attached hydrogen (secondary N) is 3. The lowest BCUT2D eigenvalue weighted by Gasteiger charge is -2.30. The molecule has 194 valence electrons. The summed E-state index contributed by atoms with van der Waals surface area (Å²) in [4.78, 5) is 63.3. The van der Waals surface area contributed by atoms with E-state index in [1.165, 1.54) is 11.8 Å². The van der Waals surface area contributed by atoms with Gasteiger partial charge in [0.15, 0.2) is 6.04 Å². The molecule has 5 N–H and O–H groups in total. The number of amides is 3. The van der Waals surface area contributed by atoms with Crippen LogP contribution in [0.25, 0.3) is 0 Å². The first-order chi connectivity index (χ1) is 15.9. The van der Waals surface area contributed by atoms with Crippen LogP contribution in [0.15, 0.2) is 0 Å². The molecule has 0 bridgehead atoms. The number of carboxylic acids is 1. The van der Waals surface area contributed by atoms with Crippen LogP contribution >= 0.6 is 22.9 Å². The van der Waals surface area contributed by atoms with Gasteiger partial charge < -0.3 is 30.5 Å². The summed E-state index contributed by atoms with van der Waals surface area (Å²) in [7, 11) is 1.09. The highest BCUT2D eigenvalue weighted by molar-refractivity contribution is 14.1. The third kappa shape index (κ3) is 8.98. The summed E-state index contributed by atoms with van der Waals surface area (Å²) in [5, 5.41) is 23.7. The zero-order valence-electron chi connectivity index (χ0n) is 19.9. The Bertz CT molecular complexity index is 748. The van der Waals surface area contributed by atoms with Crippen LogP contribution in [0.4, 0.5) is 0 Å². The summed E-state index contributed by atoms with van der Waals surface area (Å²) in [6.07, 6.45) is -0.347. The first kappa shape index (κ1) is 30.0. The maximum absolute atomic E-state index is 13.1. The number of halogens is 1.